The van der Waals surface area contributed by atoms with Crippen LogP contribution >= 0.6 is 0 Å². The second kappa shape index (κ2) is 7.58. The fourth-order valence-electron chi connectivity index (χ4n) is 3.43. The minimum absolute atomic E-state index is 0.0244. The molecule has 28 heavy (non-hydrogen) atoms. The highest BCUT2D eigenvalue weighted by molar-refractivity contribution is 5.98. The number of rotatable bonds is 5. The van der Waals surface area contributed by atoms with E-state index in [9.17, 15) is 18.4 Å². The van der Waals surface area contributed by atoms with E-state index in [0.29, 0.717) is 35.5 Å². The molecule has 2 N–H and O–H groups in total. The van der Waals surface area contributed by atoms with Gasteiger partial charge < -0.3 is 15.5 Å². The average Bonchev–Trinajstić information content (AvgIpc) is 3.47. The van der Waals surface area contributed by atoms with E-state index < -0.39 is 11.6 Å². The summed E-state index contributed by atoms with van der Waals surface area (Å²) in [5, 5.41) is 5.69. The zero-order chi connectivity index (χ0) is 19.7. The van der Waals surface area contributed by atoms with Gasteiger partial charge in [0.2, 0.25) is 5.91 Å². The number of carbonyl (C=O) groups is 2. The maximum atomic E-state index is 13.6. The van der Waals surface area contributed by atoms with Crippen LogP contribution in [-0.2, 0) is 11.2 Å². The molecule has 2 aromatic carbocycles. The van der Waals surface area contributed by atoms with Gasteiger partial charge in [-0.3, -0.25) is 9.59 Å². The summed E-state index contributed by atoms with van der Waals surface area (Å²) < 4.78 is 27.1. The predicted octanol–water partition coefficient (Wildman–Crippen LogP) is 3.25. The third-order valence-corrected chi connectivity index (χ3v) is 4.99. The quantitative estimate of drug-likeness (QED) is 0.831. The molecule has 0 spiro atoms. The van der Waals surface area contributed by atoms with E-state index in [1.54, 1.807) is 29.2 Å². The minimum Gasteiger partial charge on any atom is -0.362 e. The van der Waals surface area contributed by atoms with Crippen LogP contribution in [0.2, 0.25) is 0 Å². The number of hydrogen-bond acceptors (Lipinski definition) is 3. The normalized spacial score (nSPS) is 15.7. The van der Waals surface area contributed by atoms with E-state index >= 15 is 0 Å². The van der Waals surface area contributed by atoms with Crippen molar-refractivity contribution in [3.8, 4) is 0 Å². The Bertz CT molecular complexity index is 928. The van der Waals surface area contributed by atoms with Gasteiger partial charge in [0.05, 0.1) is 6.54 Å². The summed E-state index contributed by atoms with van der Waals surface area (Å²) in [6, 6.07) is 9.38. The Balaban J connectivity index is 1.43. The second-order valence-corrected chi connectivity index (χ2v) is 7.30. The highest BCUT2D eigenvalue weighted by atomic mass is 19.2. The molecule has 4 rings (SSSR count). The Labute approximate surface area is 161 Å². The number of anilines is 2. The molecule has 0 bridgehead atoms. The number of halogens is 2. The number of benzene rings is 2. The smallest absolute Gasteiger partial charge is 0.251 e. The maximum Gasteiger partial charge on any atom is 0.251 e. The van der Waals surface area contributed by atoms with Gasteiger partial charge in [0.15, 0.2) is 11.6 Å². The molecule has 2 amide bonds. The van der Waals surface area contributed by atoms with Gasteiger partial charge >= 0.3 is 0 Å². The molecule has 0 radical (unpaired) electrons. The number of carbonyl (C=O) groups excluding carboxylic acids is 2. The average molecular weight is 385 g/mol. The van der Waals surface area contributed by atoms with E-state index in [1.807, 2.05) is 0 Å². The van der Waals surface area contributed by atoms with Crippen LogP contribution in [0, 0.1) is 11.6 Å². The van der Waals surface area contributed by atoms with E-state index in [4.69, 9.17) is 0 Å². The Kier molecular flexibility index (Phi) is 4.98. The van der Waals surface area contributed by atoms with Gasteiger partial charge in [0.1, 0.15) is 0 Å². The number of aryl methyl sites for hydroxylation is 1. The first-order valence-corrected chi connectivity index (χ1v) is 9.43. The summed E-state index contributed by atoms with van der Waals surface area (Å²) in [6.45, 7) is 0.617. The van der Waals surface area contributed by atoms with E-state index in [2.05, 4.69) is 10.6 Å². The van der Waals surface area contributed by atoms with Crippen molar-refractivity contribution in [2.45, 2.75) is 31.7 Å². The second-order valence-electron chi connectivity index (χ2n) is 7.30. The number of fused-ring (bicyclic) bond motifs is 1. The van der Waals surface area contributed by atoms with Gasteiger partial charge in [-0.2, -0.15) is 0 Å². The highest BCUT2D eigenvalue weighted by Gasteiger charge is 2.24. The SMILES string of the molecule is O=C(CN1CCCc2cc(F)c(F)cc21)Nc1cccc(C(=O)NC2CC2)c1. The third kappa shape index (κ3) is 4.13. The number of amides is 2. The molecule has 7 heteroatoms. The van der Waals surface area contributed by atoms with Crippen LogP contribution in [0.3, 0.4) is 0 Å². The molecule has 2 aliphatic rings. The molecule has 1 fully saturated rings. The first-order valence-electron chi connectivity index (χ1n) is 9.43. The van der Waals surface area contributed by atoms with Gasteiger partial charge in [0.25, 0.3) is 5.91 Å². The molecule has 0 saturated heterocycles. The summed E-state index contributed by atoms with van der Waals surface area (Å²) in [7, 11) is 0. The monoisotopic (exact) mass is 385 g/mol. The zero-order valence-corrected chi connectivity index (χ0v) is 15.3. The summed E-state index contributed by atoms with van der Waals surface area (Å²) in [6.07, 6.45) is 3.43. The molecule has 1 aliphatic heterocycles. The van der Waals surface area contributed by atoms with Gasteiger partial charge in [-0.25, -0.2) is 8.78 Å². The van der Waals surface area contributed by atoms with Crippen LogP contribution in [0.5, 0.6) is 0 Å². The lowest BCUT2D eigenvalue weighted by Gasteiger charge is -2.30. The molecule has 1 heterocycles. The number of nitrogens with one attached hydrogen (secondary N) is 2. The molecule has 1 aliphatic carbocycles. The predicted molar refractivity (Wildman–Crippen MR) is 102 cm³/mol. The first kappa shape index (κ1) is 18.4. The molecular weight excluding hydrogens is 364 g/mol. The van der Waals surface area contributed by atoms with E-state index in [-0.39, 0.29) is 24.4 Å². The van der Waals surface area contributed by atoms with Gasteiger partial charge in [-0.15, -0.1) is 0 Å². The van der Waals surface area contributed by atoms with Crippen molar-refractivity contribution in [3.63, 3.8) is 0 Å². The maximum absolute atomic E-state index is 13.6. The van der Waals surface area contributed by atoms with Crippen LogP contribution in [-0.4, -0.2) is 30.9 Å². The van der Waals surface area contributed by atoms with Crippen molar-refractivity contribution in [1.82, 2.24) is 5.32 Å². The molecule has 0 atom stereocenters. The third-order valence-electron chi connectivity index (χ3n) is 4.99. The fraction of sp³-hybridized carbons (Fsp3) is 0.333. The van der Waals surface area contributed by atoms with Crippen LogP contribution in [0.25, 0.3) is 0 Å². The van der Waals surface area contributed by atoms with Crippen LogP contribution in [0.4, 0.5) is 20.2 Å². The lowest BCUT2D eigenvalue weighted by molar-refractivity contribution is -0.115. The molecule has 146 valence electrons. The van der Waals surface area contributed by atoms with Gasteiger partial charge in [0, 0.05) is 35.6 Å². The fourth-order valence-corrected chi connectivity index (χ4v) is 3.43. The van der Waals surface area contributed by atoms with Crippen LogP contribution in [0.1, 0.15) is 35.2 Å². The summed E-state index contributed by atoms with van der Waals surface area (Å²) in [4.78, 5) is 26.4. The standard InChI is InChI=1S/C21H21F2N3O2/c22-17-10-13-4-2-8-26(19(13)11-18(17)23)12-20(27)24-16-5-1-3-14(9-16)21(28)25-15-6-7-15/h1,3,5,9-11,15H,2,4,6-8,12H2,(H,24,27)(H,25,28). The Morgan fingerprint density at radius 2 is 1.89 bits per heavy atom. The van der Waals surface area contributed by atoms with E-state index in [1.165, 1.54) is 6.07 Å². The van der Waals surface area contributed by atoms with Crippen molar-refractivity contribution in [2.24, 2.45) is 0 Å². The van der Waals surface area contributed by atoms with Crippen LogP contribution < -0.4 is 15.5 Å². The number of nitrogens with zero attached hydrogens (tertiary/aromatic N) is 1. The Hall–Kier alpha value is -2.96. The summed E-state index contributed by atoms with van der Waals surface area (Å²) in [5.41, 5.74) is 2.27. The molecule has 5 nitrogen and oxygen atoms in total. The lowest BCUT2D eigenvalue weighted by Crippen LogP contribution is -2.37. The van der Waals surface area contributed by atoms with Gasteiger partial charge in [-0.1, -0.05) is 6.07 Å². The Morgan fingerprint density at radius 3 is 2.68 bits per heavy atom. The van der Waals surface area contributed by atoms with E-state index in [0.717, 1.165) is 25.3 Å². The van der Waals surface area contributed by atoms with Gasteiger partial charge in [-0.05, 0) is 55.5 Å². The Morgan fingerprint density at radius 1 is 1.11 bits per heavy atom. The number of hydrogen-bond donors (Lipinski definition) is 2. The van der Waals surface area contributed by atoms with Crippen molar-refractivity contribution < 1.29 is 18.4 Å². The van der Waals surface area contributed by atoms with Crippen molar-refractivity contribution >= 4 is 23.2 Å². The minimum atomic E-state index is -0.916. The first-order chi connectivity index (χ1) is 13.5. The summed E-state index contributed by atoms with van der Waals surface area (Å²) in [5.74, 6) is -2.22. The van der Waals surface area contributed by atoms with Crippen molar-refractivity contribution in [2.75, 3.05) is 23.3 Å². The molecule has 0 aromatic heterocycles. The van der Waals surface area contributed by atoms with Crippen molar-refractivity contribution in [3.05, 3.63) is 59.2 Å². The zero-order valence-electron chi connectivity index (χ0n) is 15.3. The molecule has 2 aromatic rings. The molecular formula is C21H21F2N3O2. The largest absolute Gasteiger partial charge is 0.362 e. The topological polar surface area (TPSA) is 61.4 Å². The molecule has 0 unspecified atom stereocenters. The van der Waals surface area contributed by atoms with Crippen LogP contribution in [0.15, 0.2) is 36.4 Å². The lowest BCUT2D eigenvalue weighted by atomic mass is 10.0. The molecule has 1 saturated carbocycles. The highest BCUT2D eigenvalue weighted by Crippen LogP contribution is 2.29. The summed E-state index contributed by atoms with van der Waals surface area (Å²) >= 11 is 0. The van der Waals surface area contributed by atoms with Crippen molar-refractivity contribution in [1.29, 1.82) is 0 Å².